The van der Waals surface area contributed by atoms with Crippen molar-refractivity contribution in [3.05, 3.63) is 24.3 Å². The molecule has 2 aliphatic rings. The van der Waals surface area contributed by atoms with Gasteiger partial charge < -0.3 is 15.5 Å². The van der Waals surface area contributed by atoms with Crippen LogP contribution in [0.4, 0.5) is 11.4 Å². The number of rotatable bonds is 0. The van der Waals surface area contributed by atoms with E-state index in [9.17, 15) is 4.79 Å². The Bertz CT molecular complexity index is 405. The lowest BCUT2D eigenvalue weighted by molar-refractivity contribution is -0.119. The molecule has 0 radical (unpaired) electrons. The van der Waals surface area contributed by atoms with E-state index < -0.39 is 0 Å². The number of piperazine rings is 1. The van der Waals surface area contributed by atoms with Crippen LogP contribution in [0.2, 0.25) is 0 Å². The van der Waals surface area contributed by atoms with E-state index >= 15 is 0 Å². The Morgan fingerprint density at radius 1 is 1.27 bits per heavy atom. The van der Waals surface area contributed by atoms with Crippen molar-refractivity contribution in [1.82, 2.24) is 5.32 Å². The molecule has 4 nitrogen and oxygen atoms in total. The zero-order chi connectivity index (χ0) is 10.3. The van der Waals surface area contributed by atoms with Gasteiger partial charge in [-0.05, 0) is 12.1 Å². The highest BCUT2D eigenvalue weighted by atomic mass is 16.2. The number of benzene rings is 1. The van der Waals surface area contributed by atoms with Crippen molar-refractivity contribution in [2.45, 2.75) is 6.04 Å². The molecule has 4 heteroatoms. The first kappa shape index (κ1) is 8.73. The van der Waals surface area contributed by atoms with Gasteiger partial charge in [0.1, 0.15) is 0 Å². The van der Waals surface area contributed by atoms with Gasteiger partial charge in [-0.25, -0.2) is 0 Å². The number of amides is 1. The first-order valence-electron chi connectivity index (χ1n) is 5.22. The maximum atomic E-state index is 11.8. The maximum Gasteiger partial charge on any atom is 0.241 e. The fraction of sp³-hybridized carbons (Fsp3) is 0.364. The van der Waals surface area contributed by atoms with E-state index in [0.717, 1.165) is 24.5 Å². The summed E-state index contributed by atoms with van der Waals surface area (Å²) in [5.74, 6) is 0.167. The second kappa shape index (κ2) is 3.24. The SMILES string of the molecule is O=C1CNCC2CNc3ccccc3N12. The number of hydrogen-bond donors (Lipinski definition) is 2. The second-order valence-electron chi connectivity index (χ2n) is 3.95. The highest BCUT2D eigenvalue weighted by Gasteiger charge is 2.33. The van der Waals surface area contributed by atoms with E-state index in [0.29, 0.717) is 6.54 Å². The van der Waals surface area contributed by atoms with Crippen molar-refractivity contribution in [2.75, 3.05) is 29.9 Å². The maximum absolute atomic E-state index is 11.8. The molecule has 0 spiro atoms. The predicted octanol–water partition coefficient (Wildman–Crippen LogP) is 0.417. The third kappa shape index (κ3) is 1.29. The van der Waals surface area contributed by atoms with Crippen molar-refractivity contribution in [3.63, 3.8) is 0 Å². The first-order chi connectivity index (χ1) is 7.36. The van der Waals surface area contributed by atoms with Gasteiger partial charge >= 0.3 is 0 Å². The van der Waals surface area contributed by atoms with E-state index in [1.165, 1.54) is 0 Å². The van der Waals surface area contributed by atoms with Gasteiger partial charge in [-0.1, -0.05) is 12.1 Å². The molecule has 78 valence electrons. The van der Waals surface area contributed by atoms with Gasteiger partial charge in [0.25, 0.3) is 0 Å². The summed E-state index contributed by atoms with van der Waals surface area (Å²) >= 11 is 0. The zero-order valence-electron chi connectivity index (χ0n) is 8.36. The van der Waals surface area contributed by atoms with E-state index in [2.05, 4.69) is 10.6 Å². The minimum absolute atomic E-state index is 0.167. The highest BCUT2D eigenvalue weighted by molar-refractivity contribution is 6.00. The van der Waals surface area contributed by atoms with Crippen LogP contribution in [0.15, 0.2) is 24.3 Å². The van der Waals surface area contributed by atoms with Gasteiger partial charge in [0.05, 0.1) is 24.0 Å². The third-order valence-corrected chi connectivity index (χ3v) is 2.98. The molecule has 0 aromatic heterocycles. The molecule has 1 fully saturated rings. The first-order valence-corrected chi connectivity index (χ1v) is 5.22. The summed E-state index contributed by atoms with van der Waals surface area (Å²) < 4.78 is 0. The highest BCUT2D eigenvalue weighted by Crippen LogP contribution is 2.31. The Kier molecular flexibility index (Phi) is 1.89. The van der Waals surface area contributed by atoms with Crippen LogP contribution in [0, 0.1) is 0 Å². The normalized spacial score (nSPS) is 24.1. The summed E-state index contributed by atoms with van der Waals surface area (Å²) in [5.41, 5.74) is 2.07. The molecule has 1 unspecified atom stereocenters. The van der Waals surface area contributed by atoms with Crippen molar-refractivity contribution >= 4 is 17.3 Å². The average molecular weight is 203 g/mol. The van der Waals surface area contributed by atoms with Gasteiger partial charge in [-0.3, -0.25) is 4.79 Å². The summed E-state index contributed by atoms with van der Waals surface area (Å²) in [6.45, 7) is 2.15. The number of anilines is 2. The molecule has 1 atom stereocenters. The Morgan fingerprint density at radius 2 is 2.13 bits per heavy atom. The van der Waals surface area contributed by atoms with Gasteiger partial charge in [0.2, 0.25) is 5.91 Å². The molecular formula is C11H13N3O. The average Bonchev–Trinajstić information content (AvgIpc) is 2.29. The Balaban J connectivity index is 2.06. The molecule has 15 heavy (non-hydrogen) atoms. The van der Waals surface area contributed by atoms with Crippen molar-refractivity contribution in [2.24, 2.45) is 0 Å². The van der Waals surface area contributed by atoms with Crippen LogP contribution in [0.1, 0.15) is 0 Å². The van der Waals surface area contributed by atoms with E-state index in [4.69, 9.17) is 0 Å². The topological polar surface area (TPSA) is 44.4 Å². The minimum Gasteiger partial charge on any atom is -0.381 e. The van der Waals surface area contributed by atoms with Crippen LogP contribution >= 0.6 is 0 Å². The van der Waals surface area contributed by atoms with E-state index in [-0.39, 0.29) is 11.9 Å². The number of hydrogen-bond acceptors (Lipinski definition) is 3. The molecule has 0 aliphatic carbocycles. The zero-order valence-corrected chi connectivity index (χ0v) is 8.36. The number of nitrogens with one attached hydrogen (secondary N) is 2. The molecule has 0 saturated carbocycles. The fourth-order valence-electron chi connectivity index (χ4n) is 2.28. The van der Waals surface area contributed by atoms with E-state index in [1.807, 2.05) is 29.2 Å². The molecule has 0 bridgehead atoms. The summed E-state index contributed by atoms with van der Waals surface area (Å²) in [5, 5.41) is 6.48. The third-order valence-electron chi connectivity index (χ3n) is 2.98. The number of fused-ring (bicyclic) bond motifs is 3. The Hall–Kier alpha value is -1.55. The van der Waals surface area contributed by atoms with Crippen LogP contribution in [-0.2, 0) is 4.79 Å². The largest absolute Gasteiger partial charge is 0.381 e. The molecule has 2 N–H and O–H groups in total. The van der Waals surface area contributed by atoms with Crippen LogP contribution in [0.25, 0.3) is 0 Å². The molecule has 1 amide bonds. The predicted molar refractivity (Wildman–Crippen MR) is 59.1 cm³/mol. The molecular weight excluding hydrogens is 190 g/mol. The lowest BCUT2D eigenvalue weighted by Gasteiger charge is -2.40. The molecule has 2 heterocycles. The minimum atomic E-state index is 0.167. The molecule has 1 aromatic rings. The van der Waals surface area contributed by atoms with Crippen LogP contribution in [0.3, 0.4) is 0 Å². The van der Waals surface area contributed by atoms with Crippen LogP contribution < -0.4 is 15.5 Å². The van der Waals surface area contributed by atoms with Gasteiger partial charge in [0.15, 0.2) is 0 Å². The van der Waals surface area contributed by atoms with Gasteiger partial charge in [-0.15, -0.1) is 0 Å². The van der Waals surface area contributed by atoms with Crippen molar-refractivity contribution in [1.29, 1.82) is 0 Å². The summed E-state index contributed by atoms with van der Waals surface area (Å²) in [7, 11) is 0. The second-order valence-corrected chi connectivity index (χ2v) is 3.95. The quantitative estimate of drug-likeness (QED) is 0.642. The van der Waals surface area contributed by atoms with Gasteiger partial charge in [0, 0.05) is 13.1 Å². The molecule has 2 aliphatic heterocycles. The lowest BCUT2D eigenvalue weighted by atomic mass is 10.1. The number of para-hydroxylation sites is 2. The number of nitrogens with zero attached hydrogens (tertiary/aromatic N) is 1. The van der Waals surface area contributed by atoms with Crippen LogP contribution in [-0.4, -0.2) is 31.6 Å². The molecule has 1 saturated heterocycles. The van der Waals surface area contributed by atoms with Crippen LogP contribution in [0.5, 0.6) is 0 Å². The van der Waals surface area contributed by atoms with Crippen molar-refractivity contribution < 1.29 is 4.79 Å². The van der Waals surface area contributed by atoms with E-state index in [1.54, 1.807) is 0 Å². The van der Waals surface area contributed by atoms with Crippen molar-refractivity contribution in [3.8, 4) is 0 Å². The van der Waals surface area contributed by atoms with Gasteiger partial charge in [-0.2, -0.15) is 0 Å². The molecule has 1 aromatic carbocycles. The Morgan fingerprint density at radius 3 is 3.07 bits per heavy atom. The number of carbonyl (C=O) groups is 1. The molecule has 3 rings (SSSR count). The summed E-state index contributed by atoms with van der Waals surface area (Å²) in [4.78, 5) is 13.7. The standard InChI is InChI=1S/C11H13N3O/c15-11-7-12-5-8-6-13-9-3-1-2-4-10(9)14(8)11/h1-4,8,12-13H,5-7H2. The monoisotopic (exact) mass is 203 g/mol. The smallest absolute Gasteiger partial charge is 0.241 e. The lowest BCUT2D eigenvalue weighted by Crippen LogP contribution is -2.59. The summed E-state index contributed by atoms with van der Waals surface area (Å²) in [6.07, 6.45) is 0. The summed E-state index contributed by atoms with van der Waals surface area (Å²) in [6, 6.07) is 8.22. The Labute approximate surface area is 88.3 Å². The fourth-order valence-corrected chi connectivity index (χ4v) is 2.28. The number of carbonyl (C=O) groups excluding carboxylic acids is 1.